The van der Waals surface area contributed by atoms with E-state index in [1.807, 2.05) is 6.92 Å². The molecule has 1 heterocycles. The highest BCUT2D eigenvalue weighted by Gasteiger charge is 2.40. The summed E-state index contributed by atoms with van der Waals surface area (Å²) in [6.07, 6.45) is 0.680. The van der Waals surface area contributed by atoms with Gasteiger partial charge in [-0.1, -0.05) is 20.3 Å². The minimum atomic E-state index is -1.51. The highest BCUT2D eigenvalue weighted by atomic mass is 16.4. The summed E-state index contributed by atoms with van der Waals surface area (Å²) in [6.45, 7) is 3.83. The van der Waals surface area contributed by atoms with Crippen LogP contribution in [0, 0.1) is 5.92 Å². The van der Waals surface area contributed by atoms with Gasteiger partial charge < -0.3 is 37.8 Å². The largest absolute Gasteiger partial charge is 0.480 e. The van der Waals surface area contributed by atoms with Gasteiger partial charge in [0.05, 0.1) is 12.5 Å². The summed E-state index contributed by atoms with van der Waals surface area (Å²) in [5.41, 5.74) is 15.9. The molecule has 0 aromatic rings. The van der Waals surface area contributed by atoms with Gasteiger partial charge in [-0.25, -0.2) is 4.79 Å². The molecule has 5 unspecified atom stereocenters. The van der Waals surface area contributed by atoms with Crippen molar-refractivity contribution in [2.24, 2.45) is 23.1 Å². The SMILES string of the molecule is CCC(C)C(NC(=O)C(N)CCC(N)=O)C(=O)N1CCCC1C(=O)NC(CC(N)=O)C(=O)O. The predicted octanol–water partition coefficient (Wildman–Crippen LogP) is -2.45. The van der Waals surface area contributed by atoms with Crippen molar-refractivity contribution in [2.45, 2.75) is 76.5 Å². The van der Waals surface area contributed by atoms with Gasteiger partial charge in [-0.15, -0.1) is 0 Å². The predicted molar refractivity (Wildman–Crippen MR) is 116 cm³/mol. The fourth-order valence-corrected chi connectivity index (χ4v) is 3.52. The fourth-order valence-electron chi connectivity index (χ4n) is 3.52. The molecule has 0 aliphatic carbocycles. The Morgan fingerprint density at radius 2 is 1.73 bits per heavy atom. The molecule has 0 saturated carbocycles. The van der Waals surface area contributed by atoms with Crippen molar-refractivity contribution in [3.63, 3.8) is 0 Å². The number of primary amides is 2. The smallest absolute Gasteiger partial charge is 0.326 e. The number of rotatable bonds is 13. The molecule has 0 bridgehead atoms. The van der Waals surface area contributed by atoms with Crippen molar-refractivity contribution in [3.05, 3.63) is 0 Å². The zero-order chi connectivity index (χ0) is 25.3. The first kappa shape index (κ1) is 27.8. The molecule has 13 heteroatoms. The molecule has 5 atom stereocenters. The number of amides is 5. The van der Waals surface area contributed by atoms with Gasteiger partial charge in [-0.05, 0) is 25.2 Å². The molecule has 1 aliphatic rings. The summed E-state index contributed by atoms with van der Waals surface area (Å²) >= 11 is 0. The normalized spacial score (nSPS) is 19.1. The second-order valence-corrected chi connectivity index (χ2v) is 8.24. The third-order valence-electron chi connectivity index (χ3n) is 5.67. The van der Waals surface area contributed by atoms with Crippen LogP contribution in [-0.2, 0) is 28.8 Å². The molecule has 5 amide bonds. The molecule has 0 spiro atoms. The summed E-state index contributed by atoms with van der Waals surface area (Å²) < 4.78 is 0. The first-order valence-electron chi connectivity index (χ1n) is 10.8. The van der Waals surface area contributed by atoms with Crippen LogP contribution in [0.2, 0.25) is 0 Å². The van der Waals surface area contributed by atoms with Gasteiger partial charge in [0, 0.05) is 13.0 Å². The highest BCUT2D eigenvalue weighted by Crippen LogP contribution is 2.22. The van der Waals surface area contributed by atoms with E-state index in [1.165, 1.54) is 4.90 Å². The molecule has 186 valence electrons. The molecule has 1 rings (SSSR count). The van der Waals surface area contributed by atoms with E-state index in [4.69, 9.17) is 17.2 Å². The first-order chi connectivity index (χ1) is 15.4. The van der Waals surface area contributed by atoms with Gasteiger partial charge in [-0.2, -0.15) is 0 Å². The van der Waals surface area contributed by atoms with Crippen LogP contribution in [0.1, 0.15) is 52.4 Å². The molecule has 0 aromatic heterocycles. The average molecular weight is 471 g/mol. The fraction of sp³-hybridized carbons (Fsp3) is 0.700. The number of carbonyl (C=O) groups excluding carboxylic acids is 5. The van der Waals surface area contributed by atoms with E-state index < -0.39 is 66.1 Å². The zero-order valence-electron chi connectivity index (χ0n) is 18.9. The molecule has 13 nitrogen and oxygen atoms in total. The first-order valence-corrected chi connectivity index (χ1v) is 10.8. The van der Waals surface area contributed by atoms with Crippen LogP contribution < -0.4 is 27.8 Å². The van der Waals surface area contributed by atoms with Crippen LogP contribution >= 0.6 is 0 Å². The van der Waals surface area contributed by atoms with E-state index in [9.17, 15) is 33.9 Å². The number of nitrogens with zero attached hydrogens (tertiary/aromatic N) is 1. The average Bonchev–Trinajstić information content (AvgIpc) is 3.23. The minimum absolute atomic E-state index is 0.0216. The van der Waals surface area contributed by atoms with Crippen LogP contribution in [-0.4, -0.2) is 76.2 Å². The maximum absolute atomic E-state index is 13.3. The molecule has 1 fully saturated rings. The Hall–Kier alpha value is -3.22. The number of hydrogen-bond donors (Lipinski definition) is 6. The van der Waals surface area contributed by atoms with Crippen LogP contribution in [0.5, 0.6) is 0 Å². The third-order valence-corrected chi connectivity index (χ3v) is 5.67. The number of hydrogen-bond acceptors (Lipinski definition) is 7. The summed E-state index contributed by atoms with van der Waals surface area (Å²) in [4.78, 5) is 73.2. The Bertz CT molecular complexity index is 774. The molecular formula is C20H34N6O7. The molecular weight excluding hydrogens is 436 g/mol. The van der Waals surface area contributed by atoms with Gasteiger partial charge in [0.15, 0.2) is 0 Å². The Morgan fingerprint density at radius 3 is 2.24 bits per heavy atom. The van der Waals surface area contributed by atoms with Crippen LogP contribution in [0.4, 0.5) is 0 Å². The molecule has 1 aliphatic heterocycles. The van der Waals surface area contributed by atoms with Gasteiger partial charge in [0.25, 0.3) is 0 Å². The van der Waals surface area contributed by atoms with E-state index in [-0.39, 0.29) is 25.3 Å². The number of carboxylic acids is 1. The maximum Gasteiger partial charge on any atom is 0.326 e. The van der Waals surface area contributed by atoms with Crippen molar-refractivity contribution < 1.29 is 33.9 Å². The number of aliphatic carboxylic acids is 1. The van der Waals surface area contributed by atoms with Crippen molar-refractivity contribution in [1.82, 2.24) is 15.5 Å². The highest BCUT2D eigenvalue weighted by molar-refractivity contribution is 5.95. The number of nitrogens with two attached hydrogens (primary N) is 3. The Labute approximate surface area is 191 Å². The standard InChI is InChI=1S/C20H34N6O7/c1-3-10(2)16(25-17(29)11(21)6-7-14(22)27)19(31)26-8-4-5-13(26)18(30)24-12(20(32)33)9-15(23)28/h10-13,16H,3-9,21H2,1-2H3,(H2,22,27)(H2,23,28)(H,24,30)(H,25,29)(H,32,33). The summed E-state index contributed by atoms with van der Waals surface area (Å²) in [6, 6.07) is -4.49. The van der Waals surface area contributed by atoms with Crippen molar-refractivity contribution >= 4 is 35.5 Å². The number of carboxylic acid groups (broad SMARTS) is 1. The molecule has 1 saturated heterocycles. The van der Waals surface area contributed by atoms with Gasteiger partial charge in [0.1, 0.15) is 18.1 Å². The number of likely N-dealkylation sites (tertiary alicyclic amines) is 1. The van der Waals surface area contributed by atoms with E-state index >= 15 is 0 Å². The quantitative estimate of drug-likeness (QED) is 0.169. The summed E-state index contributed by atoms with van der Waals surface area (Å²) in [5.74, 6) is -5.06. The van der Waals surface area contributed by atoms with Crippen LogP contribution in [0.25, 0.3) is 0 Å². The monoisotopic (exact) mass is 470 g/mol. The topological polar surface area (TPSA) is 228 Å². The molecule has 33 heavy (non-hydrogen) atoms. The zero-order valence-corrected chi connectivity index (χ0v) is 18.9. The van der Waals surface area contributed by atoms with Crippen molar-refractivity contribution in [3.8, 4) is 0 Å². The van der Waals surface area contributed by atoms with Crippen molar-refractivity contribution in [1.29, 1.82) is 0 Å². The summed E-state index contributed by atoms with van der Waals surface area (Å²) in [5, 5.41) is 14.1. The Kier molecular flexibility index (Phi) is 10.7. The lowest BCUT2D eigenvalue weighted by molar-refractivity contribution is -0.146. The Morgan fingerprint density at radius 1 is 1.09 bits per heavy atom. The maximum atomic E-state index is 13.3. The van der Waals surface area contributed by atoms with Crippen LogP contribution in [0.15, 0.2) is 0 Å². The Balaban J connectivity index is 2.96. The van der Waals surface area contributed by atoms with Gasteiger partial charge in [0.2, 0.25) is 29.5 Å². The van der Waals surface area contributed by atoms with E-state index in [1.54, 1.807) is 6.92 Å². The van der Waals surface area contributed by atoms with Gasteiger partial charge >= 0.3 is 5.97 Å². The lowest BCUT2D eigenvalue weighted by Crippen LogP contribution is -2.58. The van der Waals surface area contributed by atoms with E-state index in [0.717, 1.165) is 0 Å². The second kappa shape index (κ2) is 12.7. The van der Waals surface area contributed by atoms with Crippen LogP contribution in [0.3, 0.4) is 0 Å². The lowest BCUT2D eigenvalue weighted by atomic mass is 9.96. The molecule has 9 N–H and O–H groups in total. The third kappa shape index (κ3) is 8.33. The summed E-state index contributed by atoms with van der Waals surface area (Å²) in [7, 11) is 0. The van der Waals surface area contributed by atoms with Crippen molar-refractivity contribution in [2.75, 3.05) is 6.54 Å². The minimum Gasteiger partial charge on any atom is -0.480 e. The van der Waals surface area contributed by atoms with Gasteiger partial charge in [-0.3, -0.25) is 24.0 Å². The van der Waals surface area contributed by atoms with E-state index in [2.05, 4.69) is 10.6 Å². The second-order valence-electron chi connectivity index (χ2n) is 8.24. The molecule has 0 radical (unpaired) electrons. The number of nitrogens with one attached hydrogen (secondary N) is 2. The molecule has 0 aromatic carbocycles. The lowest BCUT2D eigenvalue weighted by Gasteiger charge is -2.32. The number of carbonyl (C=O) groups is 6. The van der Waals surface area contributed by atoms with E-state index in [0.29, 0.717) is 19.3 Å².